The summed E-state index contributed by atoms with van der Waals surface area (Å²) in [6.45, 7) is 1.69. The van der Waals surface area contributed by atoms with Crippen LogP contribution in [0.25, 0.3) is 0 Å². The Labute approximate surface area is 102 Å². The van der Waals surface area contributed by atoms with E-state index in [4.69, 9.17) is 0 Å². The van der Waals surface area contributed by atoms with Crippen LogP contribution in [0.2, 0.25) is 0 Å². The molecule has 0 atom stereocenters. The molecule has 0 spiro atoms. The molecule has 1 aromatic carbocycles. The second-order valence-electron chi connectivity index (χ2n) is 3.55. The summed E-state index contributed by atoms with van der Waals surface area (Å²) >= 11 is 0. The van der Waals surface area contributed by atoms with Crippen molar-refractivity contribution in [3.8, 4) is 0 Å². The Morgan fingerprint density at radius 2 is 1.72 bits per heavy atom. The van der Waals surface area contributed by atoms with Gasteiger partial charge in [-0.1, -0.05) is 0 Å². The van der Waals surface area contributed by atoms with Gasteiger partial charge in [0.05, 0.1) is 6.61 Å². The molecule has 0 saturated heterocycles. The van der Waals surface area contributed by atoms with Crippen LogP contribution in [0, 0.1) is 17.5 Å². The first-order valence-corrected chi connectivity index (χ1v) is 5.24. The number of rotatable bonds is 5. The van der Waals surface area contributed by atoms with Crippen LogP contribution in [0.4, 0.5) is 13.2 Å². The van der Waals surface area contributed by atoms with Crippen molar-refractivity contribution in [2.24, 2.45) is 0 Å². The number of hydrogen-bond acceptors (Lipinski definition) is 3. The third kappa shape index (κ3) is 3.87. The Hall–Kier alpha value is -1.85. The first-order chi connectivity index (χ1) is 8.43. The quantitative estimate of drug-likeness (QED) is 0.602. The molecule has 3 nitrogen and oxygen atoms in total. The van der Waals surface area contributed by atoms with Gasteiger partial charge in [-0.05, 0) is 6.92 Å². The normalized spacial score (nSPS) is 10.2. The zero-order valence-corrected chi connectivity index (χ0v) is 9.63. The van der Waals surface area contributed by atoms with E-state index >= 15 is 0 Å². The number of halogens is 3. The van der Waals surface area contributed by atoms with Crippen molar-refractivity contribution < 1.29 is 27.5 Å². The van der Waals surface area contributed by atoms with E-state index in [1.165, 1.54) is 0 Å². The highest BCUT2D eigenvalue weighted by Gasteiger charge is 2.17. The second kappa shape index (κ2) is 6.18. The predicted molar refractivity (Wildman–Crippen MR) is 56.3 cm³/mol. The van der Waals surface area contributed by atoms with Crippen molar-refractivity contribution in [2.75, 3.05) is 6.61 Å². The van der Waals surface area contributed by atoms with E-state index in [0.717, 1.165) is 0 Å². The minimum absolute atomic E-state index is 0.116. The SMILES string of the molecule is CCOC(=O)CC(=O)Cc1c(F)cc(F)cc1F. The van der Waals surface area contributed by atoms with Gasteiger partial charge >= 0.3 is 5.97 Å². The minimum atomic E-state index is -1.15. The lowest BCUT2D eigenvalue weighted by Gasteiger charge is -2.05. The van der Waals surface area contributed by atoms with E-state index in [1.54, 1.807) is 6.92 Å². The van der Waals surface area contributed by atoms with Crippen LogP contribution in [-0.4, -0.2) is 18.4 Å². The van der Waals surface area contributed by atoms with Crippen LogP contribution >= 0.6 is 0 Å². The standard InChI is InChI=1S/C12H11F3O3/c1-2-18-12(17)6-8(16)5-9-10(14)3-7(13)4-11(9)15/h3-4H,2,5-6H2,1H3. The summed E-state index contributed by atoms with van der Waals surface area (Å²) in [5, 5.41) is 0. The number of hydrogen-bond donors (Lipinski definition) is 0. The summed E-state index contributed by atoms with van der Waals surface area (Å²) in [5.41, 5.74) is -0.550. The molecule has 0 aromatic heterocycles. The van der Waals surface area contributed by atoms with Gasteiger partial charge in [-0.15, -0.1) is 0 Å². The molecule has 0 bridgehead atoms. The van der Waals surface area contributed by atoms with E-state index < -0.39 is 47.6 Å². The number of carbonyl (C=O) groups excluding carboxylic acids is 2. The molecule has 0 saturated carbocycles. The molecular weight excluding hydrogens is 249 g/mol. The molecule has 0 heterocycles. The predicted octanol–water partition coefficient (Wildman–Crippen LogP) is 2.17. The van der Waals surface area contributed by atoms with Crippen LogP contribution in [0.1, 0.15) is 18.9 Å². The molecule has 98 valence electrons. The summed E-state index contributed by atoms with van der Waals surface area (Å²) in [7, 11) is 0. The molecule has 6 heteroatoms. The van der Waals surface area contributed by atoms with E-state index in [1.807, 2.05) is 0 Å². The van der Waals surface area contributed by atoms with Crippen molar-refractivity contribution in [1.29, 1.82) is 0 Å². The Bertz CT molecular complexity index is 449. The fourth-order valence-corrected chi connectivity index (χ4v) is 1.37. The zero-order chi connectivity index (χ0) is 13.7. The van der Waals surface area contributed by atoms with E-state index in [-0.39, 0.29) is 6.61 Å². The molecular formula is C12H11F3O3. The second-order valence-corrected chi connectivity index (χ2v) is 3.55. The molecule has 0 aliphatic heterocycles. The van der Waals surface area contributed by atoms with Crippen LogP contribution in [0.5, 0.6) is 0 Å². The maximum atomic E-state index is 13.2. The first-order valence-electron chi connectivity index (χ1n) is 5.24. The molecule has 0 amide bonds. The lowest BCUT2D eigenvalue weighted by Crippen LogP contribution is -2.14. The van der Waals surface area contributed by atoms with Gasteiger partial charge in [0, 0.05) is 24.1 Å². The third-order valence-corrected chi connectivity index (χ3v) is 2.13. The van der Waals surface area contributed by atoms with E-state index in [0.29, 0.717) is 12.1 Å². The Morgan fingerprint density at radius 3 is 2.22 bits per heavy atom. The van der Waals surface area contributed by atoms with Gasteiger partial charge in [-0.25, -0.2) is 13.2 Å². The zero-order valence-electron chi connectivity index (χ0n) is 9.63. The number of benzene rings is 1. The fourth-order valence-electron chi connectivity index (χ4n) is 1.37. The van der Waals surface area contributed by atoms with Crippen LogP contribution < -0.4 is 0 Å². The average Bonchev–Trinajstić information content (AvgIpc) is 2.23. The lowest BCUT2D eigenvalue weighted by atomic mass is 10.1. The largest absolute Gasteiger partial charge is 0.466 e. The van der Waals surface area contributed by atoms with Crippen LogP contribution in [0.15, 0.2) is 12.1 Å². The van der Waals surface area contributed by atoms with E-state index in [2.05, 4.69) is 4.74 Å². The maximum Gasteiger partial charge on any atom is 0.313 e. The highest BCUT2D eigenvalue weighted by molar-refractivity contribution is 5.96. The third-order valence-electron chi connectivity index (χ3n) is 2.13. The first kappa shape index (κ1) is 14.2. The van der Waals surface area contributed by atoms with Gasteiger partial charge in [0.15, 0.2) is 0 Å². The van der Waals surface area contributed by atoms with Gasteiger partial charge in [0.1, 0.15) is 29.7 Å². The summed E-state index contributed by atoms with van der Waals surface area (Å²) < 4.78 is 43.6. The highest BCUT2D eigenvalue weighted by atomic mass is 19.1. The van der Waals surface area contributed by atoms with Crippen molar-refractivity contribution in [3.63, 3.8) is 0 Å². The highest BCUT2D eigenvalue weighted by Crippen LogP contribution is 2.16. The lowest BCUT2D eigenvalue weighted by molar-refractivity contribution is -0.145. The minimum Gasteiger partial charge on any atom is -0.466 e. The van der Waals surface area contributed by atoms with Gasteiger partial charge in [0.2, 0.25) is 0 Å². The fraction of sp³-hybridized carbons (Fsp3) is 0.333. The molecule has 18 heavy (non-hydrogen) atoms. The number of Topliss-reactive ketones (excluding diaryl/α,β-unsaturated/α-hetero) is 1. The molecule has 0 aliphatic carbocycles. The van der Waals surface area contributed by atoms with Gasteiger partial charge in [0.25, 0.3) is 0 Å². The topological polar surface area (TPSA) is 43.4 Å². The molecule has 0 N–H and O–H groups in total. The monoisotopic (exact) mass is 260 g/mol. The van der Waals surface area contributed by atoms with Crippen LogP contribution in [-0.2, 0) is 20.7 Å². The molecule has 1 rings (SSSR count). The summed E-state index contributed by atoms with van der Waals surface area (Å²) in [6.07, 6.45) is -1.18. The van der Waals surface area contributed by atoms with Crippen LogP contribution in [0.3, 0.4) is 0 Å². The Morgan fingerprint density at radius 1 is 1.17 bits per heavy atom. The van der Waals surface area contributed by atoms with Crippen molar-refractivity contribution in [1.82, 2.24) is 0 Å². The molecule has 0 radical (unpaired) electrons. The van der Waals surface area contributed by atoms with E-state index in [9.17, 15) is 22.8 Å². The molecule has 0 fully saturated rings. The average molecular weight is 260 g/mol. The van der Waals surface area contributed by atoms with Crippen molar-refractivity contribution >= 4 is 11.8 Å². The molecule has 0 aliphatic rings. The Balaban J connectivity index is 2.73. The maximum absolute atomic E-state index is 13.2. The summed E-state index contributed by atoms with van der Waals surface area (Å²) in [5.74, 6) is -4.82. The molecule has 0 unspecified atom stereocenters. The smallest absolute Gasteiger partial charge is 0.313 e. The van der Waals surface area contributed by atoms with Gasteiger partial charge in [-0.2, -0.15) is 0 Å². The summed E-state index contributed by atoms with van der Waals surface area (Å²) in [6, 6.07) is 0.964. The summed E-state index contributed by atoms with van der Waals surface area (Å²) in [4.78, 5) is 22.3. The van der Waals surface area contributed by atoms with Gasteiger partial charge in [-0.3, -0.25) is 9.59 Å². The van der Waals surface area contributed by atoms with Gasteiger partial charge < -0.3 is 4.74 Å². The number of ether oxygens (including phenoxy) is 1. The molecule has 1 aromatic rings. The number of carbonyl (C=O) groups is 2. The Kier molecular flexibility index (Phi) is 4.88. The van der Waals surface area contributed by atoms with Crippen molar-refractivity contribution in [3.05, 3.63) is 35.1 Å². The number of ketones is 1. The van der Waals surface area contributed by atoms with Crippen molar-refractivity contribution in [2.45, 2.75) is 19.8 Å². The number of esters is 1.